The lowest BCUT2D eigenvalue weighted by Crippen LogP contribution is -2.39. The maximum Gasteiger partial charge on any atom is 0.315 e. The van der Waals surface area contributed by atoms with Crippen LogP contribution in [0, 0.1) is 0 Å². The van der Waals surface area contributed by atoms with E-state index < -0.39 is 31.2 Å². The summed E-state index contributed by atoms with van der Waals surface area (Å²) in [4.78, 5) is 23.9. The van der Waals surface area contributed by atoms with Crippen molar-refractivity contribution in [1.29, 1.82) is 0 Å². The molecule has 32 heavy (non-hydrogen) atoms. The molecule has 3 fully saturated rings. The van der Waals surface area contributed by atoms with E-state index in [0.29, 0.717) is 38.0 Å². The molecule has 3 saturated heterocycles. The van der Waals surface area contributed by atoms with Crippen molar-refractivity contribution in [3.05, 3.63) is 24.3 Å². The topological polar surface area (TPSA) is 142 Å². The molecule has 0 aromatic heterocycles. The largest absolute Gasteiger partial charge is 0.332 e. The van der Waals surface area contributed by atoms with E-state index in [2.05, 4.69) is 16.0 Å². The zero-order valence-corrected chi connectivity index (χ0v) is 19.3. The summed E-state index contributed by atoms with van der Waals surface area (Å²) in [5, 5.41) is 7.40. The fourth-order valence-corrected chi connectivity index (χ4v) is 8.50. The lowest BCUT2D eigenvalue weighted by atomic mass is 10.0. The number of nitrogens with one attached hydrogen (secondary N) is 3. The monoisotopic (exact) mass is 484 g/mol. The van der Waals surface area contributed by atoms with Crippen LogP contribution in [-0.2, 0) is 24.7 Å². The zero-order valence-electron chi connectivity index (χ0n) is 17.6. The van der Waals surface area contributed by atoms with E-state index in [1.165, 1.54) is 16.4 Å². The van der Waals surface area contributed by atoms with Gasteiger partial charge in [0.15, 0.2) is 9.84 Å². The normalized spacial score (nSPS) is 27.0. The molecule has 3 aliphatic rings. The lowest BCUT2D eigenvalue weighted by Gasteiger charge is -2.16. The summed E-state index contributed by atoms with van der Waals surface area (Å²) in [6.45, 7) is 1.02. The second-order valence-corrected chi connectivity index (χ2v) is 12.8. The second-order valence-electron chi connectivity index (χ2n) is 8.55. The smallest absolute Gasteiger partial charge is 0.315 e. The van der Waals surface area contributed by atoms with Crippen molar-refractivity contribution in [3.63, 3.8) is 0 Å². The third kappa shape index (κ3) is 4.76. The number of anilines is 1. The van der Waals surface area contributed by atoms with Gasteiger partial charge in [0.1, 0.15) is 0 Å². The molecule has 3 aliphatic heterocycles. The van der Waals surface area contributed by atoms with E-state index in [1.807, 2.05) is 0 Å². The molecule has 3 atom stereocenters. The SMILES string of the molecule is O=C(CCCCC1C2NC(=O)NC2CS1(=O)=O)Nc1cccc(S(=O)(=O)N2CCCC2)c1. The first-order valence-corrected chi connectivity index (χ1v) is 14.0. The Balaban J connectivity index is 1.27. The predicted molar refractivity (Wildman–Crippen MR) is 118 cm³/mol. The number of sulfonamides is 1. The highest BCUT2D eigenvalue weighted by Crippen LogP contribution is 2.28. The molecule has 3 unspecified atom stereocenters. The average molecular weight is 485 g/mol. The van der Waals surface area contributed by atoms with Gasteiger partial charge in [-0.2, -0.15) is 4.31 Å². The van der Waals surface area contributed by atoms with Crippen molar-refractivity contribution < 1.29 is 26.4 Å². The first-order valence-electron chi connectivity index (χ1n) is 10.9. The number of sulfone groups is 1. The Morgan fingerprint density at radius 3 is 2.66 bits per heavy atom. The molecule has 0 radical (unpaired) electrons. The maximum absolute atomic E-state index is 12.7. The van der Waals surface area contributed by atoms with Crippen LogP contribution < -0.4 is 16.0 Å². The molecule has 3 heterocycles. The van der Waals surface area contributed by atoms with Crippen LogP contribution in [0.25, 0.3) is 0 Å². The molecule has 1 aromatic carbocycles. The fourth-order valence-electron chi connectivity index (χ4n) is 4.67. The van der Waals surface area contributed by atoms with Gasteiger partial charge in [0.2, 0.25) is 15.9 Å². The standard InChI is InChI=1S/C20H28N4O6S2/c25-18(9-2-1-8-17-19-16(13-31(17,27)28)22-20(26)23-19)21-14-6-5-7-15(12-14)32(29,30)24-10-3-4-11-24/h5-7,12,16-17,19H,1-4,8-11,13H2,(H,21,25)(H2,22,23,26). The highest BCUT2D eigenvalue weighted by Gasteiger charge is 2.51. The Hall–Kier alpha value is -2.18. The van der Waals surface area contributed by atoms with E-state index in [9.17, 15) is 26.4 Å². The van der Waals surface area contributed by atoms with Crippen LogP contribution in [0.15, 0.2) is 29.2 Å². The summed E-state index contributed by atoms with van der Waals surface area (Å²) in [5.41, 5.74) is 0.413. The lowest BCUT2D eigenvalue weighted by molar-refractivity contribution is -0.116. The summed E-state index contributed by atoms with van der Waals surface area (Å²) < 4.78 is 51.5. The van der Waals surface area contributed by atoms with E-state index >= 15 is 0 Å². The molecular weight excluding hydrogens is 456 g/mol. The minimum atomic E-state index is -3.56. The highest BCUT2D eigenvalue weighted by atomic mass is 32.2. The number of benzene rings is 1. The number of hydrogen-bond donors (Lipinski definition) is 3. The van der Waals surface area contributed by atoms with E-state index in [4.69, 9.17) is 0 Å². The van der Waals surface area contributed by atoms with Gasteiger partial charge in [0.25, 0.3) is 0 Å². The van der Waals surface area contributed by atoms with Crippen molar-refractivity contribution in [2.24, 2.45) is 0 Å². The molecule has 1 aromatic rings. The van der Waals surface area contributed by atoms with Crippen LogP contribution in [0.4, 0.5) is 10.5 Å². The van der Waals surface area contributed by atoms with Gasteiger partial charge >= 0.3 is 6.03 Å². The number of carbonyl (C=O) groups is 2. The van der Waals surface area contributed by atoms with Crippen LogP contribution in [0.3, 0.4) is 0 Å². The highest BCUT2D eigenvalue weighted by molar-refractivity contribution is 7.92. The molecule has 0 saturated carbocycles. The van der Waals surface area contributed by atoms with Gasteiger partial charge in [-0.25, -0.2) is 21.6 Å². The Labute approximate surface area is 188 Å². The summed E-state index contributed by atoms with van der Waals surface area (Å²) in [6, 6.07) is 5.09. The minimum absolute atomic E-state index is 0.0573. The first-order chi connectivity index (χ1) is 15.2. The molecular formula is C20H28N4O6S2. The zero-order chi connectivity index (χ0) is 22.9. The molecule has 0 bridgehead atoms. The molecule has 3 amide bonds. The van der Waals surface area contributed by atoms with Crippen molar-refractivity contribution in [1.82, 2.24) is 14.9 Å². The van der Waals surface area contributed by atoms with Gasteiger partial charge in [-0.1, -0.05) is 12.5 Å². The van der Waals surface area contributed by atoms with Crippen LogP contribution in [0.1, 0.15) is 38.5 Å². The summed E-state index contributed by atoms with van der Waals surface area (Å²) in [7, 11) is -6.84. The number of amides is 3. The average Bonchev–Trinajstić information content (AvgIpc) is 3.42. The van der Waals surface area contributed by atoms with Gasteiger partial charge in [-0.15, -0.1) is 0 Å². The van der Waals surface area contributed by atoms with Crippen molar-refractivity contribution in [2.45, 2.75) is 60.8 Å². The Kier molecular flexibility index (Phi) is 6.46. The number of unbranched alkanes of at least 4 members (excludes halogenated alkanes) is 1. The van der Waals surface area contributed by atoms with E-state index in [0.717, 1.165) is 12.8 Å². The fraction of sp³-hybridized carbons (Fsp3) is 0.600. The van der Waals surface area contributed by atoms with Crippen LogP contribution in [0.2, 0.25) is 0 Å². The van der Waals surface area contributed by atoms with Gasteiger partial charge < -0.3 is 16.0 Å². The minimum Gasteiger partial charge on any atom is -0.332 e. The van der Waals surface area contributed by atoms with Crippen LogP contribution in [-0.4, -0.2) is 69.3 Å². The quantitative estimate of drug-likeness (QED) is 0.368. The summed E-state index contributed by atoms with van der Waals surface area (Å²) >= 11 is 0. The molecule has 0 spiro atoms. The van der Waals surface area contributed by atoms with Crippen LogP contribution in [0.5, 0.6) is 0 Å². The summed E-state index contributed by atoms with van der Waals surface area (Å²) in [6.07, 6.45) is 3.28. The van der Waals surface area contributed by atoms with Crippen molar-refractivity contribution in [3.8, 4) is 0 Å². The van der Waals surface area contributed by atoms with E-state index in [1.54, 1.807) is 12.1 Å². The van der Waals surface area contributed by atoms with Gasteiger partial charge in [0, 0.05) is 25.2 Å². The van der Waals surface area contributed by atoms with Crippen molar-refractivity contribution in [2.75, 3.05) is 24.2 Å². The number of fused-ring (bicyclic) bond motifs is 1. The molecule has 12 heteroatoms. The number of urea groups is 1. The number of nitrogens with zero attached hydrogens (tertiary/aromatic N) is 1. The molecule has 0 aliphatic carbocycles. The Morgan fingerprint density at radius 2 is 1.91 bits per heavy atom. The van der Waals surface area contributed by atoms with Gasteiger partial charge in [0.05, 0.1) is 28.0 Å². The molecule has 176 valence electrons. The summed E-state index contributed by atoms with van der Waals surface area (Å²) in [5.74, 6) is -0.318. The van der Waals surface area contributed by atoms with Crippen molar-refractivity contribution >= 4 is 37.5 Å². The predicted octanol–water partition coefficient (Wildman–Crippen LogP) is 0.817. The third-order valence-electron chi connectivity index (χ3n) is 6.28. The number of carbonyl (C=O) groups excluding carboxylic acids is 2. The Morgan fingerprint density at radius 1 is 1.16 bits per heavy atom. The van der Waals surface area contributed by atoms with E-state index in [-0.39, 0.29) is 35.0 Å². The van der Waals surface area contributed by atoms with Crippen LogP contribution >= 0.6 is 0 Å². The third-order valence-corrected chi connectivity index (χ3v) is 10.5. The molecule has 3 N–H and O–H groups in total. The maximum atomic E-state index is 12.7. The van der Waals surface area contributed by atoms with Gasteiger partial charge in [-0.3, -0.25) is 4.79 Å². The Bertz CT molecular complexity index is 1100. The second kappa shape index (κ2) is 8.99. The molecule has 10 nitrogen and oxygen atoms in total. The first kappa shape index (κ1) is 23.0. The number of rotatable bonds is 8. The number of hydrogen-bond acceptors (Lipinski definition) is 6. The molecule has 4 rings (SSSR count). The van der Waals surface area contributed by atoms with Gasteiger partial charge in [-0.05, 0) is 43.9 Å².